The van der Waals surface area contributed by atoms with Gasteiger partial charge in [0.05, 0.1) is 44.5 Å². The Morgan fingerprint density at radius 2 is 1.84 bits per heavy atom. The molecule has 0 aromatic heterocycles. The van der Waals surface area contributed by atoms with Crippen molar-refractivity contribution in [1.29, 1.82) is 0 Å². The van der Waals surface area contributed by atoms with Gasteiger partial charge in [0.1, 0.15) is 11.3 Å². The monoisotopic (exact) mass is 441 g/mol. The lowest BCUT2D eigenvalue weighted by Gasteiger charge is -2.43. The second-order valence-electron chi connectivity index (χ2n) is 10.2. The second-order valence-corrected chi connectivity index (χ2v) is 10.2. The maximum atomic E-state index is 12.9. The van der Waals surface area contributed by atoms with Crippen molar-refractivity contribution in [3.8, 4) is 0 Å². The highest BCUT2D eigenvalue weighted by atomic mass is 16.6. The van der Waals surface area contributed by atoms with Gasteiger partial charge in [0.15, 0.2) is 0 Å². The van der Waals surface area contributed by atoms with E-state index in [0.29, 0.717) is 6.61 Å². The molecule has 8 nitrogen and oxygen atoms in total. The van der Waals surface area contributed by atoms with Crippen LogP contribution in [-0.2, 0) is 23.7 Å². The largest absolute Gasteiger partial charge is 0.469 e. The van der Waals surface area contributed by atoms with Gasteiger partial charge in [-0.2, -0.15) is 0 Å². The first-order valence-corrected chi connectivity index (χ1v) is 10.9. The summed E-state index contributed by atoms with van der Waals surface area (Å²) in [6.45, 7) is 15.2. The van der Waals surface area contributed by atoms with Gasteiger partial charge in [-0.1, -0.05) is 19.9 Å². The number of carbonyl (C=O) groups excluding carboxylic acids is 2. The summed E-state index contributed by atoms with van der Waals surface area (Å²) in [6.07, 6.45) is 0.0937. The van der Waals surface area contributed by atoms with Gasteiger partial charge in [-0.05, 0) is 47.1 Å². The number of hydrogen-bond acceptors (Lipinski definition) is 7. The van der Waals surface area contributed by atoms with E-state index in [2.05, 4.69) is 0 Å². The highest BCUT2D eigenvalue weighted by Crippen LogP contribution is 2.36. The Labute approximate surface area is 185 Å². The van der Waals surface area contributed by atoms with Gasteiger partial charge in [0.25, 0.3) is 0 Å². The molecule has 0 spiro atoms. The standard InChI is InChI=1S/C23H39NO7/c1-13(20-15(3)19(26)14(2)17(30-20)11-18(25)28-9)10-16-12-29-23(7,8)24(16)21(27)31-22(4,5)6/h10,14-17,19-20,26H,11-12H2,1-9H3/b13-10+/t14-,15+,16+,17+,19-,20-/m0/s1. The number of carbonyl (C=O) groups is 2. The molecular formula is C23H39NO7. The molecule has 2 aliphatic heterocycles. The zero-order valence-corrected chi connectivity index (χ0v) is 20.3. The quantitative estimate of drug-likeness (QED) is 0.528. The van der Waals surface area contributed by atoms with E-state index in [4.69, 9.17) is 18.9 Å². The zero-order valence-electron chi connectivity index (χ0n) is 20.3. The molecule has 2 rings (SSSR count). The van der Waals surface area contributed by atoms with Crippen molar-refractivity contribution in [3.63, 3.8) is 0 Å². The molecule has 0 aliphatic carbocycles. The number of methoxy groups -OCH3 is 1. The molecule has 1 amide bonds. The van der Waals surface area contributed by atoms with E-state index in [1.807, 2.05) is 61.5 Å². The number of nitrogens with zero attached hydrogens (tertiary/aromatic N) is 1. The van der Waals surface area contributed by atoms with Gasteiger partial charge in [0.2, 0.25) is 0 Å². The van der Waals surface area contributed by atoms with Crippen LogP contribution in [0.25, 0.3) is 0 Å². The highest BCUT2D eigenvalue weighted by molar-refractivity contribution is 5.70. The van der Waals surface area contributed by atoms with Crippen LogP contribution in [0.1, 0.15) is 61.8 Å². The third-order valence-corrected chi connectivity index (χ3v) is 6.07. The Morgan fingerprint density at radius 3 is 2.39 bits per heavy atom. The smallest absolute Gasteiger partial charge is 0.413 e. The van der Waals surface area contributed by atoms with Crippen LogP contribution in [0.5, 0.6) is 0 Å². The van der Waals surface area contributed by atoms with Crippen LogP contribution in [-0.4, -0.2) is 71.5 Å². The maximum absolute atomic E-state index is 12.9. The third-order valence-electron chi connectivity index (χ3n) is 6.07. The summed E-state index contributed by atoms with van der Waals surface area (Å²) >= 11 is 0. The first-order valence-electron chi connectivity index (χ1n) is 10.9. The number of aliphatic hydroxyl groups is 1. The van der Waals surface area contributed by atoms with E-state index in [1.54, 1.807) is 4.90 Å². The van der Waals surface area contributed by atoms with E-state index in [1.165, 1.54) is 7.11 Å². The Bertz CT molecular complexity index is 697. The van der Waals surface area contributed by atoms with Crippen LogP contribution in [0.2, 0.25) is 0 Å². The van der Waals surface area contributed by atoms with Gasteiger partial charge < -0.3 is 24.1 Å². The predicted molar refractivity (Wildman–Crippen MR) is 115 cm³/mol. The van der Waals surface area contributed by atoms with Crippen molar-refractivity contribution in [2.75, 3.05) is 13.7 Å². The molecule has 2 heterocycles. The van der Waals surface area contributed by atoms with Gasteiger partial charge in [0, 0.05) is 11.8 Å². The van der Waals surface area contributed by atoms with Gasteiger partial charge >= 0.3 is 12.1 Å². The van der Waals surface area contributed by atoms with Gasteiger partial charge in [-0.3, -0.25) is 9.69 Å². The van der Waals surface area contributed by atoms with Crippen molar-refractivity contribution in [2.24, 2.45) is 11.8 Å². The molecule has 2 saturated heterocycles. The minimum atomic E-state index is -0.815. The molecule has 8 heteroatoms. The summed E-state index contributed by atoms with van der Waals surface area (Å²) < 4.78 is 22.5. The summed E-state index contributed by atoms with van der Waals surface area (Å²) in [5.74, 6) is -0.753. The normalized spacial score (nSPS) is 33.9. The van der Waals surface area contributed by atoms with Crippen molar-refractivity contribution >= 4 is 12.1 Å². The first kappa shape index (κ1) is 25.6. The van der Waals surface area contributed by atoms with E-state index in [-0.39, 0.29) is 30.3 Å². The molecule has 0 bridgehead atoms. The number of esters is 1. The number of amides is 1. The Morgan fingerprint density at radius 1 is 1.23 bits per heavy atom. The predicted octanol–water partition coefficient (Wildman–Crippen LogP) is 3.27. The molecule has 0 aromatic rings. The Kier molecular flexibility index (Phi) is 7.82. The van der Waals surface area contributed by atoms with Crippen molar-refractivity contribution in [1.82, 2.24) is 4.90 Å². The molecule has 2 aliphatic rings. The topological polar surface area (TPSA) is 94.5 Å². The minimum absolute atomic E-state index is 0.0782. The van der Waals surface area contributed by atoms with E-state index in [0.717, 1.165) is 5.57 Å². The van der Waals surface area contributed by atoms with Crippen LogP contribution >= 0.6 is 0 Å². The van der Waals surface area contributed by atoms with Crippen LogP contribution in [0.4, 0.5) is 4.79 Å². The molecule has 0 aromatic carbocycles. The molecule has 0 radical (unpaired) electrons. The van der Waals surface area contributed by atoms with Crippen LogP contribution in [0, 0.1) is 11.8 Å². The lowest BCUT2D eigenvalue weighted by atomic mass is 9.79. The van der Waals surface area contributed by atoms with Gasteiger partial charge in [-0.25, -0.2) is 4.79 Å². The summed E-state index contributed by atoms with van der Waals surface area (Å²) in [4.78, 5) is 26.3. The summed E-state index contributed by atoms with van der Waals surface area (Å²) in [5, 5.41) is 10.8. The molecule has 0 saturated carbocycles. The lowest BCUT2D eigenvalue weighted by molar-refractivity contribution is -0.167. The number of ether oxygens (including phenoxy) is 4. The second kappa shape index (κ2) is 9.46. The third kappa shape index (κ3) is 5.99. The SMILES string of the molecule is COC(=O)C[C@H]1O[C@@H](/C(C)=C/[C@@H]2COC(C)(C)N2C(=O)OC(C)(C)C)[C@H](C)[C@@H](O)[C@H]1C. The maximum Gasteiger partial charge on any atom is 0.413 e. The van der Waals surface area contributed by atoms with Crippen LogP contribution in [0.3, 0.4) is 0 Å². The fourth-order valence-electron chi connectivity index (χ4n) is 4.34. The van der Waals surface area contributed by atoms with Crippen molar-refractivity contribution in [3.05, 3.63) is 11.6 Å². The van der Waals surface area contributed by atoms with E-state index in [9.17, 15) is 14.7 Å². The molecule has 2 fully saturated rings. The number of aliphatic hydroxyl groups excluding tert-OH is 1. The minimum Gasteiger partial charge on any atom is -0.469 e. The van der Waals surface area contributed by atoms with Crippen molar-refractivity contribution in [2.45, 2.75) is 97.5 Å². The highest BCUT2D eigenvalue weighted by Gasteiger charge is 2.46. The van der Waals surface area contributed by atoms with Crippen LogP contribution in [0.15, 0.2) is 11.6 Å². The number of rotatable bonds is 4. The molecule has 0 unspecified atom stereocenters. The lowest BCUT2D eigenvalue weighted by Crippen LogP contribution is -2.51. The summed E-state index contributed by atoms with van der Waals surface area (Å²) in [7, 11) is 1.34. The zero-order chi connectivity index (χ0) is 23.7. The Hall–Kier alpha value is -1.64. The average Bonchev–Trinajstić information content (AvgIpc) is 2.94. The van der Waals surface area contributed by atoms with Crippen molar-refractivity contribution < 1.29 is 33.6 Å². The molecule has 6 atom stereocenters. The summed E-state index contributed by atoms with van der Waals surface area (Å²) in [6, 6.07) is -0.337. The molecular weight excluding hydrogens is 402 g/mol. The average molecular weight is 442 g/mol. The molecule has 31 heavy (non-hydrogen) atoms. The fraction of sp³-hybridized carbons (Fsp3) is 0.826. The molecule has 178 valence electrons. The molecule has 1 N–H and O–H groups in total. The first-order chi connectivity index (χ1) is 14.2. The Balaban J connectivity index is 2.26. The fourth-order valence-corrected chi connectivity index (χ4v) is 4.34. The van der Waals surface area contributed by atoms with E-state index < -0.39 is 35.7 Å². The van der Waals surface area contributed by atoms with Gasteiger partial charge in [-0.15, -0.1) is 0 Å². The van der Waals surface area contributed by atoms with Crippen LogP contribution < -0.4 is 0 Å². The van der Waals surface area contributed by atoms with E-state index >= 15 is 0 Å². The number of hydrogen-bond donors (Lipinski definition) is 1. The summed E-state index contributed by atoms with van der Waals surface area (Å²) in [5.41, 5.74) is -0.570.